The van der Waals surface area contributed by atoms with Crippen molar-refractivity contribution >= 4 is 22.0 Å². The molecular weight excluding hydrogens is 216 g/mol. The molecule has 0 saturated carbocycles. The van der Waals surface area contributed by atoms with Gasteiger partial charge < -0.3 is 0 Å². The molecule has 0 radical (unpaired) electrons. The van der Waals surface area contributed by atoms with E-state index in [1.165, 1.54) is 0 Å². The van der Waals surface area contributed by atoms with Crippen molar-refractivity contribution in [2.45, 2.75) is 26.3 Å². The Labute approximate surface area is 81.4 Å². The van der Waals surface area contributed by atoms with Gasteiger partial charge in [-0.25, -0.2) is 0 Å². The van der Waals surface area contributed by atoms with Crippen LogP contribution in [-0.4, -0.2) is 9.78 Å². The van der Waals surface area contributed by atoms with Gasteiger partial charge >= 0.3 is 0 Å². The summed E-state index contributed by atoms with van der Waals surface area (Å²) in [6, 6.07) is 0. The Morgan fingerprint density at radius 1 is 1.50 bits per heavy atom. The van der Waals surface area contributed by atoms with E-state index in [0.29, 0.717) is 0 Å². The van der Waals surface area contributed by atoms with Crippen LogP contribution in [0.25, 0.3) is 6.08 Å². The molecule has 0 atom stereocenters. The van der Waals surface area contributed by atoms with Crippen LogP contribution in [0.5, 0.6) is 0 Å². The van der Waals surface area contributed by atoms with Crippen LogP contribution < -0.4 is 0 Å². The minimum Gasteiger partial charge on any atom is -0.267 e. The molecule has 3 heteroatoms. The van der Waals surface area contributed by atoms with E-state index in [9.17, 15) is 0 Å². The highest BCUT2D eigenvalue weighted by Crippen LogP contribution is 2.13. The fraction of sp³-hybridized carbons (Fsp3) is 0.444. The van der Waals surface area contributed by atoms with Crippen molar-refractivity contribution in [1.82, 2.24) is 9.78 Å². The number of hydrogen-bond donors (Lipinski definition) is 0. The third-order valence-corrected chi connectivity index (χ3v) is 1.81. The van der Waals surface area contributed by atoms with Crippen molar-refractivity contribution < 1.29 is 0 Å². The molecular formula is C9H13BrN2. The highest BCUT2D eigenvalue weighted by molar-refractivity contribution is 9.11. The Kier molecular flexibility index (Phi) is 2.73. The minimum atomic E-state index is 0.0679. The van der Waals surface area contributed by atoms with Gasteiger partial charge in [0.1, 0.15) is 0 Å². The van der Waals surface area contributed by atoms with Gasteiger partial charge in [-0.15, -0.1) is 0 Å². The predicted octanol–water partition coefficient (Wildman–Crippen LogP) is 3.00. The highest BCUT2D eigenvalue weighted by atomic mass is 79.9. The van der Waals surface area contributed by atoms with Crippen LogP contribution in [0.1, 0.15) is 26.3 Å². The SMILES string of the molecule is CC(C)(C)n1cc(/C=C/Br)cn1. The minimum absolute atomic E-state index is 0.0679. The molecule has 0 aliphatic rings. The lowest BCUT2D eigenvalue weighted by Gasteiger charge is -2.18. The first-order valence-electron chi connectivity index (χ1n) is 3.86. The van der Waals surface area contributed by atoms with Gasteiger partial charge in [-0.2, -0.15) is 5.10 Å². The van der Waals surface area contributed by atoms with Gasteiger partial charge in [0.05, 0.1) is 11.7 Å². The number of halogens is 1. The topological polar surface area (TPSA) is 17.8 Å². The molecule has 66 valence electrons. The number of nitrogens with zero attached hydrogens (tertiary/aromatic N) is 2. The molecule has 2 nitrogen and oxygen atoms in total. The summed E-state index contributed by atoms with van der Waals surface area (Å²) < 4.78 is 1.95. The van der Waals surface area contributed by atoms with Crippen molar-refractivity contribution in [3.8, 4) is 0 Å². The van der Waals surface area contributed by atoms with Crippen LogP contribution >= 0.6 is 15.9 Å². The lowest BCUT2D eigenvalue weighted by atomic mass is 10.1. The van der Waals surface area contributed by atoms with E-state index in [-0.39, 0.29) is 5.54 Å². The van der Waals surface area contributed by atoms with E-state index >= 15 is 0 Å². The molecule has 0 aromatic carbocycles. The first-order chi connectivity index (χ1) is 5.54. The average Bonchev–Trinajstić information content (AvgIpc) is 2.35. The number of aromatic nitrogens is 2. The zero-order valence-electron chi connectivity index (χ0n) is 7.58. The van der Waals surface area contributed by atoms with Crippen molar-refractivity contribution in [3.63, 3.8) is 0 Å². The number of hydrogen-bond acceptors (Lipinski definition) is 1. The van der Waals surface area contributed by atoms with Crippen LogP contribution in [0.3, 0.4) is 0 Å². The molecule has 1 aromatic heterocycles. The summed E-state index contributed by atoms with van der Waals surface area (Å²) in [5.41, 5.74) is 1.18. The largest absolute Gasteiger partial charge is 0.267 e. The second-order valence-corrected chi connectivity index (χ2v) is 4.21. The van der Waals surface area contributed by atoms with Gasteiger partial charge in [-0.1, -0.05) is 15.9 Å². The maximum Gasteiger partial charge on any atom is 0.0562 e. The van der Waals surface area contributed by atoms with Crippen molar-refractivity contribution in [2.24, 2.45) is 0 Å². The van der Waals surface area contributed by atoms with Gasteiger partial charge in [0.25, 0.3) is 0 Å². The lowest BCUT2D eigenvalue weighted by Crippen LogP contribution is -2.21. The molecule has 0 unspecified atom stereocenters. The van der Waals surface area contributed by atoms with Crippen molar-refractivity contribution in [3.05, 3.63) is 22.9 Å². The average molecular weight is 229 g/mol. The van der Waals surface area contributed by atoms with Gasteiger partial charge in [-0.05, 0) is 31.8 Å². The Morgan fingerprint density at radius 2 is 2.17 bits per heavy atom. The molecule has 0 N–H and O–H groups in total. The summed E-state index contributed by atoms with van der Waals surface area (Å²) in [5.74, 6) is 0. The van der Waals surface area contributed by atoms with E-state index in [2.05, 4.69) is 41.8 Å². The predicted molar refractivity (Wildman–Crippen MR) is 55.2 cm³/mol. The Balaban J connectivity index is 2.92. The quantitative estimate of drug-likeness (QED) is 0.723. The molecule has 0 fully saturated rings. The molecule has 0 bridgehead atoms. The van der Waals surface area contributed by atoms with Crippen molar-refractivity contribution in [1.29, 1.82) is 0 Å². The van der Waals surface area contributed by atoms with Crippen LogP contribution in [-0.2, 0) is 5.54 Å². The summed E-state index contributed by atoms with van der Waals surface area (Å²) in [6.07, 6.45) is 5.84. The van der Waals surface area contributed by atoms with Crippen LogP contribution in [0, 0.1) is 0 Å². The summed E-state index contributed by atoms with van der Waals surface area (Å²) in [4.78, 5) is 1.83. The Hall–Kier alpha value is -0.570. The second kappa shape index (κ2) is 3.44. The van der Waals surface area contributed by atoms with Gasteiger partial charge in [-0.3, -0.25) is 4.68 Å². The molecule has 0 spiro atoms. The van der Waals surface area contributed by atoms with E-state index in [1.807, 2.05) is 28.1 Å². The highest BCUT2D eigenvalue weighted by Gasteiger charge is 2.12. The first kappa shape index (κ1) is 9.52. The lowest BCUT2D eigenvalue weighted by molar-refractivity contribution is 0.355. The fourth-order valence-corrected chi connectivity index (χ4v) is 1.17. The van der Waals surface area contributed by atoms with Crippen molar-refractivity contribution in [2.75, 3.05) is 0 Å². The maximum absolute atomic E-state index is 4.25. The van der Waals surface area contributed by atoms with Crippen LogP contribution in [0.4, 0.5) is 0 Å². The molecule has 1 rings (SSSR count). The van der Waals surface area contributed by atoms with Gasteiger partial charge in [0.2, 0.25) is 0 Å². The van der Waals surface area contributed by atoms with Crippen LogP contribution in [0.2, 0.25) is 0 Å². The summed E-state index contributed by atoms with van der Waals surface area (Å²) in [5, 5.41) is 4.25. The van der Waals surface area contributed by atoms with Crippen LogP contribution in [0.15, 0.2) is 17.4 Å². The normalized spacial score (nSPS) is 12.7. The molecule has 1 heterocycles. The molecule has 0 aliphatic carbocycles. The molecule has 12 heavy (non-hydrogen) atoms. The van der Waals surface area contributed by atoms with Gasteiger partial charge in [0.15, 0.2) is 0 Å². The molecule has 0 saturated heterocycles. The molecule has 1 aromatic rings. The molecule has 0 aliphatic heterocycles. The zero-order chi connectivity index (χ0) is 9.19. The van der Waals surface area contributed by atoms with E-state index in [4.69, 9.17) is 0 Å². The second-order valence-electron chi connectivity index (χ2n) is 3.68. The molecule has 0 amide bonds. The fourth-order valence-electron chi connectivity index (χ4n) is 0.862. The van der Waals surface area contributed by atoms with E-state index < -0.39 is 0 Å². The third-order valence-electron chi connectivity index (χ3n) is 1.55. The monoisotopic (exact) mass is 228 g/mol. The maximum atomic E-state index is 4.25. The van der Waals surface area contributed by atoms with Gasteiger partial charge in [0, 0.05) is 11.8 Å². The summed E-state index contributed by atoms with van der Waals surface area (Å²) in [6.45, 7) is 6.38. The smallest absolute Gasteiger partial charge is 0.0562 e. The zero-order valence-corrected chi connectivity index (χ0v) is 9.17. The Bertz CT molecular complexity index is 281. The first-order valence-corrected chi connectivity index (χ1v) is 4.77. The third kappa shape index (κ3) is 2.21. The van der Waals surface area contributed by atoms with E-state index in [0.717, 1.165) is 5.56 Å². The summed E-state index contributed by atoms with van der Waals surface area (Å²) in [7, 11) is 0. The summed E-state index contributed by atoms with van der Waals surface area (Å²) >= 11 is 3.23. The number of rotatable bonds is 1. The Morgan fingerprint density at radius 3 is 2.58 bits per heavy atom. The van der Waals surface area contributed by atoms with E-state index in [1.54, 1.807) is 0 Å². The standard InChI is InChI=1S/C9H13BrN2/c1-9(2,3)12-7-8(4-5-10)6-11-12/h4-7H,1-3H3/b5-4+.